The van der Waals surface area contributed by atoms with Crippen LogP contribution < -0.4 is 14.9 Å². The number of hydrogen-bond acceptors (Lipinski definition) is 4. The number of aromatic carboxylic acids is 1. The average molecular weight is 397 g/mol. The van der Waals surface area contributed by atoms with Crippen LogP contribution in [0.4, 0.5) is 0 Å². The van der Waals surface area contributed by atoms with E-state index in [0.29, 0.717) is 29.7 Å². The largest absolute Gasteiger partial charge is 2.00 e. The van der Waals surface area contributed by atoms with Gasteiger partial charge in [-0.15, -0.1) is 0 Å². The SMILES string of the molecule is CCCCCc1cc(OC)c(C/C=C(\C)CCC=C(C)C)c([O-])c1C(=O)[O-].[Mg+2]. The van der Waals surface area contributed by atoms with E-state index in [-0.39, 0.29) is 28.6 Å². The molecule has 0 aromatic heterocycles. The van der Waals surface area contributed by atoms with E-state index in [2.05, 4.69) is 26.8 Å². The van der Waals surface area contributed by atoms with E-state index in [0.717, 1.165) is 37.7 Å². The van der Waals surface area contributed by atoms with E-state index in [1.54, 1.807) is 6.07 Å². The predicted molar refractivity (Wildman–Crippen MR) is 112 cm³/mol. The minimum atomic E-state index is -1.40. The number of carbonyl (C=O) groups excluding carboxylic acids is 1. The Labute approximate surface area is 185 Å². The maximum absolute atomic E-state index is 12.8. The fourth-order valence-electron chi connectivity index (χ4n) is 3.05. The molecule has 0 unspecified atom stereocenters. The fraction of sp³-hybridized carbons (Fsp3) is 0.522. The zero-order valence-corrected chi connectivity index (χ0v) is 19.4. The van der Waals surface area contributed by atoms with Gasteiger partial charge in [-0.25, -0.2) is 0 Å². The van der Waals surface area contributed by atoms with Gasteiger partial charge in [-0.2, -0.15) is 0 Å². The van der Waals surface area contributed by atoms with Crippen molar-refractivity contribution >= 4 is 29.0 Å². The fourth-order valence-corrected chi connectivity index (χ4v) is 3.05. The second-order valence-corrected chi connectivity index (χ2v) is 7.24. The van der Waals surface area contributed by atoms with Crippen molar-refractivity contribution < 1.29 is 19.7 Å². The Bertz CT molecular complexity index is 701. The van der Waals surface area contributed by atoms with Crippen LogP contribution in [0.25, 0.3) is 0 Å². The van der Waals surface area contributed by atoms with E-state index in [1.165, 1.54) is 12.7 Å². The van der Waals surface area contributed by atoms with Crippen LogP contribution in [0.15, 0.2) is 29.4 Å². The zero-order valence-electron chi connectivity index (χ0n) is 18.0. The van der Waals surface area contributed by atoms with Crippen LogP contribution in [-0.4, -0.2) is 36.1 Å². The minimum Gasteiger partial charge on any atom is -0.872 e. The molecule has 28 heavy (non-hydrogen) atoms. The quantitative estimate of drug-likeness (QED) is 0.324. The third-order valence-corrected chi connectivity index (χ3v) is 4.64. The van der Waals surface area contributed by atoms with Gasteiger partial charge in [-0.3, -0.25) is 0 Å². The van der Waals surface area contributed by atoms with E-state index >= 15 is 0 Å². The van der Waals surface area contributed by atoms with Gasteiger partial charge < -0.3 is 19.7 Å². The topological polar surface area (TPSA) is 72.4 Å². The number of ether oxygens (including phenoxy) is 1. The Hall–Kier alpha value is -1.46. The third kappa shape index (κ3) is 8.27. The summed E-state index contributed by atoms with van der Waals surface area (Å²) in [6.45, 7) is 8.23. The van der Waals surface area contributed by atoms with Crippen LogP contribution in [0.3, 0.4) is 0 Å². The average Bonchev–Trinajstić information content (AvgIpc) is 2.59. The molecule has 0 amide bonds. The normalized spacial score (nSPS) is 11.0. The van der Waals surface area contributed by atoms with Crippen molar-refractivity contribution in [1.82, 2.24) is 0 Å². The molecule has 1 aromatic rings. The maximum atomic E-state index is 12.8. The number of aryl methyl sites for hydroxylation is 1. The van der Waals surface area contributed by atoms with Crippen LogP contribution in [0.1, 0.15) is 81.3 Å². The molecule has 0 fully saturated rings. The molecule has 0 atom stereocenters. The van der Waals surface area contributed by atoms with Crippen LogP contribution >= 0.6 is 0 Å². The van der Waals surface area contributed by atoms with E-state index in [4.69, 9.17) is 4.74 Å². The molecule has 0 radical (unpaired) electrons. The zero-order chi connectivity index (χ0) is 20.4. The summed E-state index contributed by atoms with van der Waals surface area (Å²) in [5.41, 5.74) is 3.13. The first-order valence-corrected chi connectivity index (χ1v) is 9.71. The van der Waals surface area contributed by atoms with Gasteiger partial charge in [0, 0.05) is 0 Å². The first-order chi connectivity index (χ1) is 12.8. The molecule has 0 spiro atoms. The molecule has 0 saturated heterocycles. The van der Waals surface area contributed by atoms with E-state index < -0.39 is 11.7 Å². The van der Waals surface area contributed by atoms with Crippen LogP contribution in [0.2, 0.25) is 0 Å². The van der Waals surface area contributed by atoms with Gasteiger partial charge in [-0.1, -0.05) is 48.8 Å². The van der Waals surface area contributed by atoms with Crippen molar-refractivity contribution in [2.75, 3.05) is 7.11 Å². The van der Waals surface area contributed by atoms with Crippen molar-refractivity contribution in [2.45, 2.75) is 72.6 Å². The van der Waals surface area contributed by atoms with Crippen molar-refractivity contribution in [3.05, 3.63) is 46.1 Å². The molecule has 0 N–H and O–H groups in total. The molecule has 0 bridgehead atoms. The molecular formula is C23H32MgO4. The summed E-state index contributed by atoms with van der Waals surface area (Å²) in [6, 6.07) is 1.70. The summed E-state index contributed by atoms with van der Waals surface area (Å²) >= 11 is 0. The summed E-state index contributed by atoms with van der Waals surface area (Å²) in [7, 11) is 1.51. The van der Waals surface area contributed by atoms with Crippen LogP contribution in [-0.2, 0) is 12.8 Å². The number of allylic oxidation sites excluding steroid dienone is 4. The molecule has 150 valence electrons. The van der Waals surface area contributed by atoms with Gasteiger partial charge in [0.1, 0.15) is 5.75 Å². The Morgan fingerprint density at radius 3 is 2.39 bits per heavy atom. The number of hydrogen-bond donors (Lipinski definition) is 0. The molecule has 1 aromatic carbocycles. The Morgan fingerprint density at radius 1 is 1.18 bits per heavy atom. The number of carboxylic acid groups (broad SMARTS) is 1. The van der Waals surface area contributed by atoms with E-state index in [9.17, 15) is 15.0 Å². The first-order valence-electron chi connectivity index (χ1n) is 9.71. The van der Waals surface area contributed by atoms with Crippen molar-refractivity contribution in [2.24, 2.45) is 0 Å². The Kier molecular flexibility index (Phi) is 13.0. The molecule has 0 aliphatic rings. The van der Waals surface area contributed by atoms with Crippen LogP contribution in [0, 0.1) is 0 Å². The second-order valence-electron chi connectivity index (χ2n) is 7.24. The molecule has 5 heteroatoms. The van der Waals surface area contributed by atoms with Gasteiger partial charge in [-0.05, 0) is 75.6 Å². The number of rotatable bonds is 11. The second kappa shape index (κ2) is 13.7. The first kappa shape index (κ1) is 26.5. The monoisotopic (exact) mass is 396 g/mol. The molecule has 1 rings (SSSR count). The van der Waals surface area contributed by atoms with Crippen molar-refractivity contribution in [1.29, 1.82) is 0 Å². The predicted octanol–water partition coefficient (Wildman–Crippen LogP) is 3.72. The smallest absolute Gasteiger partial charge is 0.872 e. The van der Waals surface area contributed by atoms with Crippen molar-refractivity contribution in [3.8, 4) is 11.5 Å². The molecular weight excluding hydrogens is 365 g/mol. The van der Waals surface area contributed by atoms with Crippen molar-refractivity contribution in [3.63, 3.8) is 0 Å². The van der Waals surface area contributed by atoms with Gasteiger partial charge in [0.05, 0.1) is 13.1 Å². The molecule has 0 heterocycles. The Balaban J connectivity index is 0.00000729. The molecule has 0 aliphatic carbocycles. The summed E-state index contributed by atoms with van der Waals surface area (Å²) in [5, 5.41) is 24.4. The molecule has 4 nitrogen and oxygen atoms in total. The summed E-state index contributed by atoms with van der Waals surface area (Å²) in [4.78, 5) is 11.6. The number of methoxy groups -OCH3 is 1. The number of carbonyl (C=O) groups is 1. The number of benzene rings is 1. The van der Waals surface area contributed by atoms with E-state index in [1.807, 2.05) is 13.0 Å². The maximum Gasteiger partial charge on any atom is 2.00 e. The van der Waals surface area contributed by atoms with Gasteiger partial charge in [0.2, 0.25) is 0 Å². The van der Waals surface area contributed by atoms with Crippen LogP contribution in [0.5, 0.6) is 11.5 Å². The number of carboxylic acids is 1. The minimum absolute atomic E-state index is 0. The standard InChI is InChI=1S/C23H34O4.Mg/c1-6-7-8-12-18-15-20(27-5)19(22(24)21(18)23(25)26)14-13-17(4)11-9-10-16(2)3;/h10,13,15,24H,6-9,11-12,14H2,1-5H3,(H,25,26);/q;+2/p-2/b17-13+;. The molecule has 0 aliphatic heterocycles. The van der Waals surface area contributed by atoms with Gasteiger partial charge >= 0.3 is 23.1 Å². The number of unbranched alkanes of at least 4 members (excludes halogenated alkanes) is 2. The third-order valence-electron chi connectivity index (χ3n) is 4.64. The van der Waals surface area contributed by atoms with Gasteiger partial charge in [0.15, 0.2) is 0 Å². The summed E-state index contributed by atoms with van der Waals surface area (Å²) in [5.74, 6) is -1.42. The van der Waals surface area contributed by atoms with Gasteiger partial charge in [0.25, 0.3) is 0 Å². The summed E-state index contributed by atoms with van der Waals surface area (Å²) in [6.07, 6.45) is 9.76. The Morgan fingerprint density at radius 2 is 1.86 bits per heavy atom. The molecule has 0 saturated carbocycles. The summed E-state index contributed by atoms with van der Waals surface area (Å²) < 4.78 is 5.40.